The highest BCUT2D eigenvalue weighted by Gasteiger charge is 2.46. The molecule has 1 aliphatic heterocycles. The van der Waals surface area contributed by atoms with Gasteiger partial charge in [-0.15, -0.1) is 11.3 Å². The number of ether oxygens (including phenoxy) is 1. The van der Waals surface area contributed by atoms with Crippen molar-refractivity contribution in [3.05, 3.63) is 34.0 Å². The molecule has 2 aliphatic rings. The lowest BCUT2D eigenvalue weighted by atomic mass is 9.85. The maximum absolute atomic E-state index is 12.3. The van der Waals surface area contributed by atoms with Gasteiger partial charge in [-0.1, -0.05) is 12.2 Å². The standard InChI is InChI=1S/C18H19NO5S/c1-11-6-7-15(25-11)14(20)10-24-16(21)8-9-19-17(22)12-4-2-3-5-13(12)18(19)23/h2-3,6-7,12-13H,4-5,8-10H2,1H3/t12-,13-/m1/s1. The fourth-order valence-corrected chi connectivity index (χ4v) is 3.96. The van der Waals surface area contributed by atoms with Gasteiger partial charge in [0.25, 0.3) is 0 Å². The van der Waals surface area contributed by atoms with Crippen molar-refractivity contribution in [2.75, 3.05) is 13.2 Å². The van der Waals surface area contributed by atoms with Gasteiger partial charge in [0.2, 0.25) is 17.6 Å². The SMILES string of the molecule is Cc1ccc(C(=O)COC(=O)CCN2C(=O)[C@@H]3CC=CC[C@H]3C2=O)s1. The van der Waals surface area contributed by atoms with E-state index in [1.54, 1.807) is 6.07 Å². The zero-order valence-corrected chi connectivity index (χ0v) is 14.7. The molecule has 0 radical (unpaired) electrons. The van der Waals surface area contributed by atoms with E-state index >= 15 is 0 Å². The summed E-state index contributed by atoms with van der Waals surface area (Å²) in [6, 6.07) is 3.53. The first-order valence-corrected chi connectivity index (χ1v) is 9.04. The molecular weight excluding hydrogens is 342 g/mol. The first kappa shape index (κ1) is 17.5. The lowest BCUT2D eigenvalue weighted by Crippen LogP contribution is -2.33. The number of carbonyl (C=O) groups excluding carboxylic acids is 4. The molecule has 0 spiro atoms. The number of allylic oxidation sites excluding steroid dienone is 2. The fourth-order valence-electron chi connectivity index (χ4n) is 3.17. The highest BCUT2D eigenvalue weighted by molar-refractivity contribution is 7.14. The van der Waals surface area contributed by atoms with E-state index in [0.717, 1.165) is 9.78 Å². The zero-order chi connectivity index (χ0) is 18.0. The fraction of sp³-hybridized carbons (Fsp3) is 0.444. The van der Waals surface area contributed by atoms with E-state index in [4.69, 9.17) is 4.74 Å². The summed E-state index contributed by atoms with van der Waals surface area (Å²) in [7, 11) is 0. The van der Waals surface area contributed by atoms with E-state index in [2.05, 4.69) is 0 Å². The molecule has 0 aromatic carbocycles. The van der Waals surface area contributed by atoms with Crippen LogP contribution in [0, 0.1) is 18.8 Å². The summed E-state index contributed by atoms with van der Waals surface area (Å²) < 4.78 is 4.97. The Labute approximate surface area is 149 Å². The van der Waals surface area contributed by atoms with E-state index in [0.29, 0.717) is 17.7 Å². The van der Waals surface area contributed by atoms with Gasteiger partial charge in [-0.05, 0) is 31.9 Å². The number of carbonyl (C=O) groups is 4. The number of imide groups is 1. The molecule has 0 N–H and O–H groups in total. The Kier molecular flexibility index (Phi) is 5.13. The predicted molar refractivity (Wildman–Crippen MR) is 91.0 cm³/mol. The van der Waals surface area contributed by atoms with Crippen molar-refractivity contribution in [2.24, 2.45) is 11.8 Å². The van der Waals surface area contributed by atoms with Crippen LogP contribution in [0.5, 0.6) is 0 Å². The second-order valence-corrected chi connectivity index (χ2v) is 7.52. The van der Waals surface area contributed by atoms with Crippen LogP contribution in [0.1, 0.15) is 33.8 Å². The van der Waals surface area contributed by atoms with Crippen LogP contribution >= 0.6 is 11.3 Å². The van der Waals surface area contributed by atoms with Crippen LogP contribution in [0.4, 0.5) is 0 Å². The number of thiophene rings is 1. The molecule has 25 heavy (non-hydrogen) atoms. The van der Waals surface area contributed by atoms with Gasteiger partial charge in [-0.25, -0.2) is 0 Å². The largest absolute Gasteiger partial charge is 0.457 e. The molecule has 1 aliphatic carbocycles. The molecular formula is C18H19NO5S. The number of aryl methyl sites for hydroxylation is 1. The monoisotopic (exact) mass is 361 g/mol. The van der Waals surface area contributed by atoms with Gasteiger partial charge in [0.15, 0.2) is 6.61 Å². The normalized spacial score (nSPS) is 22.2. The number of hydrogen-bond acceptors (Lipinski definition) is 6. The number of esters is 1. The van der Waals surface area contributed by atoms with E-state index in [1.165, 1.54) is 11.3 Å². The number of Topliss-reactive ketones (excluding diaryl/α,β-unsaturated/α-hetero) is 1. The van der Waals surface area contributed by atoms with Gasteiger partial charge in [0, 0.05) is 11.4 Å². The van der Waals surface area contributed by atoms with Crippen molar-refractivity contribution >= 4 is 34.9 Å². The number of hydrogen-bond donors (Lipinski definition) is 0. The van der Waals surface area contributed by atoms with Gasteiger partial charge < -0.3 is 4.74 Å². The minimum absolute atomic E-state index is 0.00972. The van der Waals surface area contributed by atoms with E-state index in [9.17, 15) is 19.2 Å². The molecule has 0 saturated carbocycles. The third kappa shape index (κ3) is 3.71. The molecule has 2 heterocycles. The third-order valence-corrected chi connectivity index (χ3v) is 5.56. The Balaban J connectivity index is 1.47. The third-order valence-electron chi connectivity index (χ3n) is 4.52. The highest BCUT2D eigenvalue weighted by atomic mass is 32.1. The molecule has 0 bridgehead atoms. The molecule has 1 fully saturated rings. The quantitative estimate of drug-likeness (QED) is 0.336. The van der Waals surface area contributed by atoms with Crippen molar-refractivity contribution in [1.82, 2.24) is 4.90 Å². The van der Waals surface area contributed by atoms with Crippen LogP contribution in [0.3, 0.4) is 0 Å². The maximum atomic E-state index is 12.3. The molecule has 1 aromatic rings. The van der Waals surface area contributed by atoms with Gasteiger partial charge in [-0.2, -0.15) is 0 Å². The van der Waals surface area contributed by atoms with E-state index in [-0.39, 0.29) is 49.0 Å². The van der Waals surface area contributed by atoms with Crippen molar-refractivity contribution in [3.63, 3.8) is 0 Å². The summed E-state index contributed by atoms with van der Waals surface area (Å²) >= 11 is 1.35. The van der Waals surface area contributed by atoms with Crippen molar-refractivity contribution < 1.29 is 23.9 Å². The molecule has 0 unspecified atom stereocenters. The predicted octanol–water partition coefficient (Wildman–Crippen LogP) is 2.12. The van der Waals surface area contributed by atoms with Crippen molar-refractivity contribution in [2.45, 2.75) is 26.2 Å². The van der Waals surface area contributed by atoms with Crippen LogP contribution < -0.4 is 0 Å². The number of likely N-dealkylation sites (tertiary alicyclic amines) is 1. The average Bonchev–Trinajstić information content (AvgIpc) is 3.14. The molecule has 1 aromatic heterocycles. The Morgan fingerprint density at radius 1 is 1.16 bits per heavy atom. The van der Waals surface area contributed by atoms with E-state index in [1.807, 2.05) is 25.1 Å². The molecule has 6 nitrogen and oxygen atoms in total. The van der Waals surface area contributed by atoms with Crippen molar-refractivity contribution in [1.29, 1.82) is 0 Å². The van der Waals surface area contributed by atoms with Crippen LogP contribution in [0.2, 0.25) is 0 Å². The summed E-state index contributed by atoms with van der Waals surface area (Å²) in [5.41, 5.74) is 0. The minimum atomic E-state index is -0.588. The van der Waals surface area contributed by atoms with Crippen LogP contribution in [0.15, 0.2) is 24.3 Å². The summed E-state index contributed by atoms with van der Waals surface area (Å²) in [4.78, 5) is 51.0. The molecule has 2 atom stereocenters. The topological polar surface area (TPSA) is 80.8 Å². The van der Waals surface area contributed by atoms with Crippen molar-refractivity contribution in [3.8, 4) is 0 Å². The molecule has 3 rings (SSSR count). The zero-order valence-electron chi connectivity index (χ0n) is 13.9. The van der Waals surface area contributed by atoms with E-state index < -0.39 is 5.97 Å². The number of fused-ring (bicyclic) bond motifs is 1. The van der Waals surface area contributed by atoms with Crippen LogP contribution in [-0.2, 0) is 19.1 Å². The van der Waals surface area contributed by atoms with Crippen LogP contribution in [0.25, 0.3) is 0 Å². The van der Waals surface area contributed by atoms with Gasteiger partial charge in [0.1, 0.15) is 0 Å². The lowest BCUT2D eigenvalue weighted by molar-refractivity contribution is -0.145. The number of rotatable bonds is 6. The summed E-state index contributed by atoms with van der Waals surface area (Å²) in [6.07, 6.45) is 4.89. The summed E-state index contributed by atoms with van der Waals surface area (Å²) in [5, 5.41) is 0. The molecule has 7 heteroatoms. The summed E-state index contributed by atoms with van der Waals surface area (Å²) in [6.45, 7) is 1.58. The maximum Gasteiger partial charge on any atom is 0.308 e. The first-order chi connectivity index (χ1) is 12.0. The Bertz CT molecular complexity index is 724. The number of ketones is 1. The molecule has 132 valence electrons. The molecule has 1 saturated heterocycles. The van der Waals surface area contributed by atoms with Crippen LogP contribution in [-0.4, -0.2) is 41.6 Å². The Hall–Kier alpha value is -2.28. The Morgan fingerprint density at radius 3 is 2.36 bits per heavy atom. The van der Waals surface area contributed by atoms with Gasteiger partial charge in [-0.3, -0.25) is 24.1 Å². The first-order valence-electron chi connectivity index (χ1n) is 8.23. The highest BCUT2D eigenvalue weighted by Crippen LogP contribution is 2.35. The minimum Gasteiger partial charge on any atom is -0.457 e. The lowest BCUT2D eigenvalue weighted by Gasteiger charge is -2.14. The average molecular weight is 361 g/mol. The van der Waals surface area contributed by atoms with Gasteiger partial charge >= 0.3 is 5.97 Å². The van der Waals surface area contributed by atoms with Gasteiger partial charge in [0.05, 0.1) is 23.1 Å². The smallest absolute Gasteiger partial charge is 0.308 e. The molecule has 2 amide bonds. The number of nitrogens with zero attached hydrogens (tertiary/aromatic N) is 1. The second-order valence-electron chi connectivity index (χ2n) is 6.23. The summed E-state index contributed by atoms with van der Waals surface area (Å²) in [5.74, 6) is -1.85. The Morgan fingerprint density at radius 2 is 1.80 bits per heavy atom. The number of amides is 2. The second kappa shape index (κ2) is 7.31.